The van der Waals surface area contributed by atoms with E-state index in [1.807, 2.05) is 12.3 Å². The van der Waals surface area contributed by atoms with Crippen molar-refractivity contribution in [1.82, 2.24) is 4.98 Å². The van der Waals surface area contributed by atoms with E-state index in [2.05, 4.69) is 43.1 Å². The first kappa shape index (κ1) is 12.4. The molecule has 19 heavy (non-hydrogen) atoms. The second-order valence-electron chi connectivity index (χ2n) is 5.64. The van der Waals surface area contributed by atoms with E-state index in [0.29, 0.717) is 5.92 Å². The maximum Gasteiger partial charge on any atom is 0.0485 e. The molecular formula is C17H20N2. The minimum absolute atomic E-state index is 0.0507. The third-order valence-corrected chi connectivity index (χ3v) is 4.06. The van der Waals surface area contributed by atoms with Crippen LogP contribution in [0.25, 0.3) is 0 Å². The van der Waals surface area contributed by atoms with Crippen LogP contribution in [0.15, 0.2) is 36.5 Å². The minimum Gasteiger partial charge on any atom is -0.323 e. The van der Waals surface area contributed by atoms with Gasteiger partial charge in [0.2, 0.25) is 0 Å². The molecule has 3 rings (SSSR count). The molecule has 1 aromatic heterocycles. The summed E-state index contributed by atoms with van der Waals surface area (Å²) in [6.07, 6.45) is 4.10. The van der Waals surface area contributed by atoms with Crippen LogP contribution in [0.5, 0.6) is 0 Å². The Morgan fingerprint density at radius 2 is 1.95 bits per heavy atom. The van der Waals surface area contributed by atoms with Gasteiger partial charge in [-0.3, -0.25) is 4.98 Å². The number of aromatic nitrogens is 1. The molecule has 0 radical (unpaired) electrons. The number of hydrogen-bond donors (Lipinski definition) is 1. The fourth-order valence-corrected chi connectivity index (χ4v) is 3.23. The Morgan fingerprint density at radius 1 is 1.21 bits per heavy atom. The predicted octanol–water partition coefficient (Wildman–Crippen LogP) is 3.43. The molecule has 0 fully saturated rings. The number of nitrogens with two attached hydrogens (primary N) is 1. The molecule has 1 aromatic carbocycles. The molecule has 2 N–H and O–H groups in total. The average Bonchev–Trinajstić information content (AvgIpc) is 2.80. The van der Waals surface area contributed by atoms with Gasteiger partial charge in [0.1, 0.15) is 0 Å². The highest BCUT2D eigenvalue weighted by molar-refractivity contribution is 5.36. The summed E-state index contributed by atoms with van der Waals surface area (Å²) in [5, 5.41) is 0. The van der Waals surface area contributed by atoms with Crippen LogP contribution in [0.4, 0.5) is 0 Å². The zero-order chi connectivity index (χ0) is 13.4. The van der Waals surface area contributed by atoms with E-state index in [9.17, 15) is 0 Å². The van der Waals surface area contributed by atoms with Crippen molar-refractivity contribution in [2.75, 3.05) is 0 Å². The summed E-state index contributed by atoms with van der Waals surface area (Å²) in [5.74, 6) is 0.359. The van der Waals surface area contributed by atoms with E-state index < -0.39 is 0 Å². The van der Waals surface area contributed by atoms with E-state index in [1.165, 1.54) is 27.9 Å². The van der Waals surface area contributed by atoms with E-state index in [4.69, 9.17) is 5.73 Å². The summed E-state index contributed by atoms with van der Waals surface area (Å²) in [6.45, 7) is 4.26. The van der Waals surface area contributed by atoms with Gasteiger partial charge in [0, 0.05) is 23.9 Å². The number of rotatable bonds is 2. The molecule has 0 spiro atoms. The van der Waals surface area contributed by atoms with Crippen molar-refractivity contribution in [1.29, 1.82) is 0 Å². The summed E-state index contributed by atoms with van der Waals surface area (Å²) in [7, 11) is 0. The first-order chi connectivity index (χ1) is 9.15. The van der Waals surface area contributed by atoms with Crippen LogP contribution in [0, 0.1) is 13.8 Å². The van der Waals surface area contributed by atoms with Crippen molar-refractivity contribution < 1.29 is 0 Å². The number of pyridine rings is 1. The Balaban J connectivity index is 1.95. The van der Waals surface area contributed by atoms with Crippen LogP contribution in [0.3, 0.4) is 0 Å². The zero-order valence-corrected chi connectivity index (χ0v) is 11.6. The van der Waals surface area contributed by atoms with Crippen molar-refractivity contribution in [3.63, 3.8) is 0 Å². The van der Waals surface area contributed by atoms with Crippen molar-refractivity contribution in [2.24, 2.45) is 5.73 Å². The molecule has 98 valence electrons. The maximum absolute atomic E-state index is 6.51. The lowest BCUT2D eigenvalue weighted by atomic mass is 9.90. The number of fused-ring (bicyclic) bond motifs is 1. The molecule has 0 saturated carbocycles. The fourth-order valence-electron chi connectivity index (χ4n) is 3.23. The highest BCUT2D eigenvalue weighted by Crippen LogP contribution is 2.39. The van der Waals surface area contributed by atoms with Gasteiger partial charge in [-0.05, 0) is 43.9 Å². The first-order valence-electron chi connectivity index (χ1n) is 6.93. The lowest BCUT2D eigenvalue weighted by Crippen LogP contribution is -2.19. The van der Waals surface area contributed by atoms with Gasteiger partial charge in [0.05, 0.1) is 0 Å². The number of aryl methyl sites for hydroxylation is 3. The lowest BCUT2D eigenvalue weighted by molar-refractivity contribution is 0.541. The molecule has 2 heteroatoms. The number of nitrogens with zero attached hydrogens (tertiary/aromatic N) is 1. The summed E-state index contributed by atoms with van der Waals surface area (Å²) in [5.41, 5.74) is 12.9. The van der Waals surface area contributed by atoms with Crippen LogP contribution >= 0.6 is 0 Å². The first-order valence-corrected chi connectivity index (χ1v) is 6.93. The van der Waals surface area contributed by atoms with Gasteiger partial charge in [-0.15, -0.1) is 0 Å². The van der Waals surface area contributed by atoms with Crippen molar-refractivity contribution in [3.05, 3.63) is 64.5 Å². The summed E-state index contributed by atoms with van der Waals surface area (Å²) < 4.78 is 0. The summed E-state index contributed by atoms with van der Waals surface area (Å²) in [4.78, 5) is 4.55. The zero-order valence-electron chi connectivity index (χ0n) is 11.6. The second-order valence-corrected chi connectivity index (χ2v) is 5.64. The Bertz CT molecular complexity index is 584. The minimum atomic E-state index is 0.0507. The van der Waals surface area contributed by atoms with Gasteiger partial charge in [-0.25, -0.2) is 0 Å². The van der Waals surface area contributed by atoms with Gasteiger partial charge in [-0.1, -0.05) is 35.4 Å². The Labute approximate surface area is 114 Å². The van der Waals surface area contributed by atoms with Gasteiger partial charge >= 0.3 is 0 Å². The maximum atomic E-state index is 6.51. The Hall–Kier alpha value is -1.67. The number of benzene rings is 1. The largest absolute Gasteiger partial charge is 0.323 e. The highest BCUT2D eigenvalue weighted by atomic mass is 14.8. The predicted molar refractivity (Wildman–Crippen MR) is 78.1 cm³/mol. The molecule has 2 aromatic rings. The van der Waals surface area contributed by atoms with Crippen LogP contribution in [-0.4, -0.2) is 4.98 Å². The Morgan fingerprint density at radius 3 is 2.68 bits per heavy atom. The van der Waals surface area contributed by atoms with Crippen molar-refractivity contribution >= 4 is 0 Å². The SMILES string of the molecule is Cc1cc(C)cc(C(N)C2CCc3cccnc32)c1. The number of hydrogen-bond acceptors (Lipinski definition) is 2. The quantitative estimate of drug-likeness (QED) is 0.889. The van der Waals surface area contributed by atoms with Gasteiger partial charge < -0.3 is 5.73 Å². The molecule has 0 amide bonds. The van der Waals surface area contributed by atoms with Crippen LogP contribution in [0.2, 0.25) is 0 Å². The molecule has 2 atom stereocenters. The van der Waals surface area contributed by atoms with E-state index in [0.717, 1.165) is 12.8 Å². The van der Waals surface area contributed by atoms with Crippen LogP contribution in [-0.2, 0) is 6.42 Å². The van der Waals surface area contributed by atoms with E-state index >= 15 is 0 Å². The second kappa shape index (κ2) is 4.78. The normalized spacial score (nSPS) is 19.2. The molecule has 2 nitrogen and oxygen atoms in total. The van der Waals surface area contributed by atoms with Crippen LogP contribution in [0.1, 0.15) is 46.3 Å². The smallest absolute Gasteiger partial charge is 0.0485 e. The van der Waals surface area contributed by atoms with Gasteiger partial charge in [-0.2, -0.15) is 0 Å². The standard InChI is InChI=1S/C17H20N2/c1-11-8-12(2)10-14(9-11)16(18)15-6-5-13-4-3-7-19-17(13)15/h3-4,7-10,15-16H,5-6,18H2,1-2H3. The summed E-state index contributed by atoms with van der Waals surface area (Å²) in [6, 6.07) is 10.9. The molecule has 2 unspecified atom stereocenters. The van der Waals surface area contributed by atoms with Gasteiger partial charge in [0.15, 0.2) is 0 Å². The topological polar surface area (TPSA) is 38.9 Å². The lowest BCUT2D eigenvalue weighted by Gasteiger charge is -2.21. The monoisotopic (exact) mass is 252 g/mol. The molecule has 1 aliphatic rings. The van der Waals surface area contributed by atoms with Crippen molar-refractivity contribution in [2.45, 2.75) is 38.6 Å². The molecule has 0 saturated heterocycles. The molecule has 1 heterocycles. The van der Waals surface area contributed by atoms with E-state index in [-0.39, 0.29) is 6.04 Å². The summed E-state index contributed by atoms with van der Waals surface area (Å²) >= 11 is 0. The average molecular weight is 252 g/mol. The van der Waals surface area contributed by atoms with E-state index in [1.54, 1.807) is 0 Å². The van der Waals surface area contributed by atoms with Gasteiger partial charge in [0.25, 0.3) is 0 Å². The molecule has 0 bridgehead atoms. The third-order valence-electron chi connectivity index (χ3n) is 4.06. The third kappa shape index (κ3) is 2.28. The Kier molecular flexibility index (Phi) is 3.11. The molecule has 0 aliphatic heterocycles. The molecule has 1 aliphatic carbocycles. The van der Waals surface area contributed by atoms with Crippen LogP contribution < -0.4 is 5.73 Å². The molecular weight excluding hydrogens is 232 g/mol. The fraction of sp³-hybridized carbons (Fsp3) is 0.353. The highest BCUT2D eigenvalue weighted by Gasteiger charge is 2.29. The van der Waals surface area contributed by atoms with Crippen molar-refractivity contribution in [3.8, 4) is 0 Å².